The van der Waals surface area contributed by atoms with E-state index in [9.17, 15) is 9.18 Å². The molecule has 4 rings (SSSR count). The Labute approximate surface area is 178 Å². The highest BCUT2D eigenvalue weighted by atomic mass is 79.9. The molecular formula is C24H22BrFN2O. The lowest BCUT2D eigenvalue weighted by atomic mass is 9.96. The average Bonchev–Trinajstić information content (AvgIpc) is 2.77. The molecule has 1 heterocycles. The number of carbonyl (C=O) groups excluding carboxylic acids is 1. The van der Waals surface area contributed by atoms with Crippen molar-refractivity contribution < 1.29 is 9.18 Å². The second kappa shape index (κ2) is 8.89. The molecule has 1 saturated heterocycles. The summed E-state index contributed by atoms with van der Waals surface area (Å²) in [5, 5.41) is 0. The lowest BCUT2D eigenvalue weighted by Crippen LogP contribution is -2.49. The monoisotopic (exact) mass is 452 g/mol. The largest absolute Gasteiger partial charge is 0.336 e. The molecule has 0 N–H and O–H groups in total. The van der Waals surface area contributed by atoms with Gasteiger partial charge in [-0.1, -0.05) is 58.4 Å². The Morgan fingerprint density at radius 3 is 2.00 bits per heavy atom. The van der Waals surface area contributed by atoms with Gasteiger partial charge in [0.1, 0.15) is 5.82 Å². The Kier molecular flexibility index (Phi) is 6.07. The first-order chi connectivity index (χ1) is 14.1. The molecule has 0 spiro atoms. The highest BCUT2D eigenvalue weighted by molar-refractivity contribution is 9.10. The van der Waals surface area contributed by atoms with Crippen LogP contribution in [0.5, 0.6) is 0 Å². The maximum Gasteiger partial charge on any atom is 0.253 e. The summed E-state index contributed by atoms with van der Waals surface area (Å²) in [7, 11) is 0. The number of hydrogen-bond donors (Lipinski definition) is 0. The molecule has 0 unspecified atom stereocenters. The fraction of sp³-hybridized carbons (Fsp3) is 0.208. The molecule has 3 aromatic carbocycles. The lowest BCUT2D eigenvalue weighted by Gasteiger charge is -2.39. The third-order valence-corrected chi connectivity index (χ3v) is 5.89. The normalized spacial score (nSPS) is 15.9. The minimum Gasteiger partial charge on any atom is -0.336 e. The molecule has 1 amide bonds. The molecule has 1 atom stereocenters. The van der Waals surface area contributed by atoms with Gasteiger partial charge in [-0.05, 0) is 47.5 Å². The Morgan fingerprint density at radius 1 is 0.793 bits per heavy atom. The van der Waals surface area contributed by atoms with Crippen molar-refractivity contribution in [2.24, 2.45) is 0 Å². The average molecular weight is 453 g/mol. The van der Waals surface area contributed by atoms with Gasteiger partial charge in [-0.25, -0.2) is 4.39 Å². The van der Waals surface area contributed by atoms with Gasteiger partial charge < -0.3 is 4.90 Å². The first-order valence-electron chi connectivity index (χ1n) is 9.71. The number of nitrogens with zero attached hydrogens (tertiary/aromatic N) is 2. The molecular weight excluding hydrogens is 431 g/mol. The molecule has 5 heteroatoms. The number of benzene rings is 3. The lowest BCUT2D eigenvalue weighted by molar-refractivity contribution is 0.0597. The third kappa shape index (κ3) is 4.57. The van der Waals surface area contributed by atoms with E-state index in [0.717, 1.165) is 17.6 Å². The van der Waals surface area contributed by atoms with Crippen LogP contribution in [0.2, 0.25) is 0 Å². The van der Waals surface area contributed by atoms with Gasteiger partial charge in [0.15, 0.2) is 0 Å². The number of piperazine rings is 1. The second-order valence-electron chi connectivity index (χ2n) is 7.20. The molecule has 0 aromatic heterocycles. The van der Waals surface area contributed by atoms with Crippen molar-refractivity contribution in [2.75, 3.05) is 26.2 Å². The maximum absolute atomic E-state index is 13.1. The van der Waals surface area contributed by atoms with Crippen molar-refractivity contribution in [3.8, 4) is 0 Å². The Bertz CT molecular complexity index is 952. The van der Waals surface area contributed by atoms with Crippen LogP contribution in [0.15, 0.2) is 83.3 Å². The van der Waals surface area contributed by atoms with E-state index in [4.69, 9.17) is 0 Å². The van der Waals surface area contributed by atoms with Crippen LogP contribution in [-0.4, -0.2) is 41.9 Å². The van der Waals surface area contributed by atoms with Gasteiger partial charge in [-0.2, -0.15) is 0 Å². The summed E-state index contributed by atoms with van der Waals surface area (Å²) in [6, 6.07) is 24.8. The number of carbonyl (C=O) groups is 1. The fourth-order valence-electron chi connectivity index (χ4n) is 3.85. The van der Waals surface area contributed by atoms with E-state index in [1.807, 2.05) is 11.0 Å². The number of amides is 1. The summed E-state index contributed by atoms with van der Waals surface area (Å²) in [6.07, 6.45) is 0. The van der Waals surface area contributed by atoms with Crippen LogP contribution >= 0.6 is 15.9 Å². The van der Waals surface area contributed by atoms with E-state index in [0.29, 0.717) is 18.7 Å². The van der Waals surface area contributed by atoms with Crippen molar-refractivity contribution in [1.82, 2.24) is 9.80 Å². The SMILES string of the molecule is O=C(c1ccc(F)cc1)N1CCN([C@H](c2ccccc2)c2ccc(Br)cc2)CC1. The molecule has 0 aliphatic carbocycles. The zero-order valence-corrected chi connectivity index (χ0v) is 17.6. The summed E-state index contributed by atoms with van der Waals surface area (Å²) in [6.45, 7) is 2.86. The van der Waals surface area contributed by atoms with Crippen molar-refractivity contribution in [3.05, 3.63) is 106 Å². The summed E-state index contributed by atoms with van der Waals surface area (Å²) in [5.41, 5.74) is 3.01. The van der Waals surface area contributed by atoms with Crippen LogP contribution in [0.1, 0.15) is 27.5 Å². The van der Waals surface area contributed by atoms with Crippen molar-refractivity contribution >= 4 is 21.8 Å². The van der Waals surface area contributed by atoms with E-state index < -0.39 is 0 Å². The van der Waals surface area contributed by atoms with E-state index in [1.54, 1.807) is 12.1 Å². The van der Waals surface area contributed by atoms with Gasteiger partial charge in [-0.3, -0.25) is 9.69 Å². The molecule has 3 nitrogen and oxygen atoms in total. The van der Waals surface area contributed by atoms with Crippen LogP contribution in [0.3, 0.4) is 0 Å². The molecule has 0 saturated carbocycles. The zero-order chi connectivity index (χ0) is 20.2. The standard InChI is InChI=1S/C24H22BrFN2O/c25-21-10-6-19(7-11-21)23(18-4-2-1-3-5-18)27-14-16-28(17-15-27)24(29)20-8-12-22(26)13-9-20/h1-13,23H,14-17H2/t23-/m1/s1. The van der Waals surface area contributed by atoms with Gasteiger partial charge in [0.05, 0.1) is 6.04 Å². The van der Waals surface area contributed by atoms with Crippen LogP contribution in [0.4, 0.5) is 4.39 Å². The molecule has 3 aromatic rings. The van der Waals surface area contributed by atoms with Crippen LogP contribution in [0, 0.1) is 5.82 Å². The van der Waals surface area contributed by atoms with Crippen molar-refractivity contribution in [2.45, 2.75) is 6.04 Å². The van der Waals surface area contributed by atoms with Gasteiger partial charge in [0, 0.05) is 36.2 Å². The van der Waals surface area contributed by atoms with Gasteiger partial charge in [0.2, 0.25) is 0 Å². The highest BCUT2D eigenvalue weighted by Gasteiger charge is 2.28. The second-order valence-corrected chi connectivity index (χ2v) is 8.12. The van der Waals surface area contributed by atoms with E-state index in [1.165, 1.54) is 23.3 Å². The molecule has 0 radical (unpaired) electrons. The van der Waals surface area contributed by atoms with Crippen molar-refractivity contribution in [3.63, 3.8) is 0 Å². The van der Waals surface area contributed by atoms with E-state index in [-0.39, 0.29) is 17.8 Å². The summed E-state index contributed by atoms with van der Waals surface area (Å²) < 4.78 is 14.2. The van der Waals surface area contributed by atoms with Crippen molar-refractivity contribution in [1.29, 1.82) is 0 Å². The highest BCUT2D eigenvalue weighted by Crippen LogP contribution is 2.30. The number of rotatable bonds is 4. The first kappa shape index (κ1) is 19.8. The Balaban J connectivity index is 1.51. The van der Waals surface area contributed by atoms with Crippen LogP contribution < -0.4 is 0 Å². The van der Waals surface area contributed by atoms with Crippen LogP contribution in [0.25, 0.3) is 0 Å². The first-order valence-corrected chi connectivity index (χ1v) is 10.5. The molecule has 1 aliphatic rings. The Morgan fingerprint density at radius 2 is 1.38 bits per heavy atom. The minimum atomic E-state index is -0.327. The Hall–Kier alpha value is -2.50. The molecule has 1 aliphatic heterocycles. The van der Waals surface area contributed by atoms with Gasteiger partial charge in [0.25, 0.3) is 5.91 Å². The topological polar surface area (TPSA) is 23.6 Å². The summed E-state index contributed by atoms with van der Waals surface area (Å²) >= 11 is 3.52. The quantitative estimate of drug-likeness (QED) is 0.547. The fourth-order valence-corrected chi connectivity index (χ4v) is 4.12. The molecule has 29 heavy (non-hydrogen) atoms. The zero-order valence-electron chi connectivity index (χ0n) is 16.0. The van der Waals surface area contributed by atoms with Gasteiger partial charge in [-0.15, -0.1) is 0 Å². The number of hydrogen-bond acceptors (Lipinski definition) is 2. The predicted octanol–water partition coefficient (Wildman–Crippen LogP) is 5.14. The van der Waals surface area contributed by atoms with E-state index in [2.05, 4.69) is 69.4 Å². The molecule has 148 valence electrons. The van der Waals surface area contributed by atoms with Gasteiger partial charge >= 0.3 is 0 Å². The third-order valence-electron chi connectivity index (χ3n) is 5.36. The summed E-state index contributed by atoms with van der Waals surface area (Å²) in [5.74, 6) is -0.365. The van der Waals surface area contributed by atoms with E-state index >= 15 is 0 Å². The minimum absolute atomic E-state index is 0.0375. The smallest absolute Gasteiger partial charge is 0.253 e. The molecule has 1 fully saturated rings. The number of halogens is 2. The predicted molar refractivity (Wildman–Crippen MR) is 116 cm³/mol. The maximum atomic E-state index is 13.1. The van der Waals surface area contributed by atoms with Crippen LogP contribution in [-0.2, 0) is 0 Å². The summed E-state index contributed by atoms with van der Waals surface area (Å²) in [4.78, 5) is 17.0. The molecule has 0 bridgehead atoms.